The highest BCUT2D eigenvalue weighted by Crippen LogP contribution is 2.23. The Hall–Kier alpha value is -1.55. The molecule has 2 rings (SSSR count). The zero-order valence-electron chi connectivity index (χ0n) is 13.2. The lowest BCUT2D eigenvalue weighted by Crippen LogP contribution is -2.51. The molecular weight excluding hydrogens is 264 g/mol. The molecule has 1 saturated heterocycles. The summed E-state index contributed by atoms with van der Waals surface area (Å²) in [5.74, 6) is 1.56. The molecule has 0 aromatic heterocycles. The quantitative estimate of drug-likeness (QED) is 0.923. The number of carbonyl (C=O) groups excluding carboxylic acids is 1. The summed E-state index contributed by atoms with van der Waals surface area (Å²) in [6.07, 6.45) is 1.94. The van der Waals surface area contributed by atoms with E-state index in [2.05, 4.69) is 12.1 Å². The van der Waals surface area contributed by atoms with Gasteiger partial charge in [0, 0.05) is 25.0 Å². The third-order valence-electron chi connectivity index (χ3n) is 4.06. The van der Waals surface area contributed by atoms with Gasteiger partial charge < -0.3 is 15.4 Å². The van der Waals surface area contributed by atoms with Crippen molar-refractivity contribution in [2.45, 2.75) is 32.7 Å². The third kappa shape index (κ3) is 4.21. The van der Waals surface area contributed by atoms with Gasteiger partial charge >= 0.3 is 0 Å². The maximum atomic E-state index is 12.2. The molecule has 4 nitrogen and oxygen atoms in total. The summed E-state index contributed by atoms with van der Waals surface area (Å²) in [4.78, 5) is 14.1. The maximum Gasteiger partial charge on any atom is 0.225 e. The molecule has 1 aromatic rings. The molecule has 2 unspecified atom stereocenters. The first-order valence-corrected chi connectivity index (χ1v) is 7.67. The van der Waals surface area contributed by atoms with E-state index >= 15 is 0 Å². The number of methoxy groups -OCH3 is 1. The van der Waals surface area contributed by atoms with E-state index in [4.69, 9.17) is 10.5 Å². The fraction of sp³-hybridized carbons (Fsp3) is 0.588. The van der Waals surface area contributed by atoms with Gasteiger partial charge in [-0.05, 0) is 36.5 Å². The molecule has 0 radical (unpaired) electrons. The Morgan fingerprint density at radius 1 is 1.33 bits per heavy atom. The first-order valence-electron chi connectivity index (χ1n) is 7.67. The second-order valence-electron chi connectivity index (χ2n) is 6.31. The zero-order chi connectivity index (χ0) is 15.4. The van der Waals surface area contributed by atoms with Crippen LogP contribution in [0.25, 0.3) is 0 Å². The van der Waals surface area contributed by atoms with Crippen LogP contribution in [0, 0.1) is 11.8 Å². The lowest BCUT2D eigenvalue weighted by Gasteiger charge is -2.37. The van der Waals surface area contributed by atoms with Crippen molar-refractivity contribution in [1.29, 1.82) is 0 Å². The highest BCUT2D eigenvalue weighted by molar-refractivity contribution is 5.78. The lowest BCUT2D eigenvalue weighted by molar-refractivity contribution is -0.136. The Morgan fingerprint density at radius 2 is 2.00 bits per heavy atom. The minimum atomic E-state index is 0.0388. The Bertz CT molecular complexity index is 470. The Labute approximate surface area is 127 Å². The van der Waals surface area contributed by atoms with E-state index in [1.54, 1.807) is 7.11 Å². The molecule has 2 atom stereocenters. The van der Waals surface area contributed by atoms with Crippen LogP contribution in [0.5, 0.6) is 5.75 Å². The van der Waals surface area contributed by atoms with Crippen molar-refractivity contribution in [3.63, 3.8) is 0 Å². The number of rotatable bonds is 4. The molecule has 1 fully saturated rings. The normalized spacial score (nSPS) is 22.4. The van der Waals surface area contributed by atoms with Gasteiger partial charge in [-0.1, -0.05) is 26.0 Å². The van der Waals surface area contributed by atoms with Gasteiger partial charge in [0.05, 0.1) is 7.11 Å². The monoisotopic (exact) mass is 290 g/mol. The van der Waals surface area contributed by atoms with Crippen molar-refractivity contribution in [3.05, 3.63) is 29.8 Å². The summed E-state index contributed by atoms with van der Waals surface area (Å²) in [6.45, 7) is 5.40. The first-order chi connectivity index (χ1) is 9.99. The number of nitrogens with zero attached hydrogens (tertiary/aromatic N) is 1. The van der Waals surface area contributed by atoms with Gasteiger partial charge in [-0.15, -0.1) is 0 Å². The summed E-state index contributed by atoms with van der Waals surface area (Å²) < 4.78 is 5.18. The van der Waals surface area contributed by atoms with Crippen molar-refractivity contribution in [3.8, 4) is 5.75 Å². The summed E-state index contributed by atoms with van der Waals surface area (Å²) in [7, 11) is 1.67. The summed E-state index contributed by atoms with van der Waals surface area (Å²) in [5, 5.41) is 0. The fourth-order valence-corrected chi connectivity index (χ4v) is 3.03. The average molecular weight is 290 g/mol. The van der Waals surface area contributed by atoms with E-state index < -0.39 is 0 Å². The van der Waals surface area contributed by atoms with Crippen molar-refractivity contribution in [1.82, 2.24) is 4.90 Å². The van der Waals surface area contributed by atoms with Crippen LogP contribution in [0.1, 0.15) is 25.8 Å². The summed E-state index contributed by atoms with van der Waals surface area (Å²) >= 11 is 0. The van der Waals surface area contributed by atoms with Crippen LogP contribution < -0.4 is 10.5 Å². The molecule has 21 heavy (non-hydrogen) atoms. The summed E-state index contributed by atoms with van der Waals surface area (Å²) in [5.41, 5.74) is 7.41. The number of amides is 1. The van der Waals surface area contributed by atoms with Gasteiger partial charge in [0.2, 0.25) is 5.91 Å². The molecule has 0 bridgehead atoms. The zero-order valence-corrected chi connectivity index (χ0v) is 13.2. The topological polar surface area (TPSA) is 55.6 Å². The van der Waals surface area contributed by atoms with Crippen LogP contribution in [0.15, 0.2) is 24.3 Å². The Kier molecular flexibility index (Phi) is 5.23. The number of benzene rings is 1. The van der Waals surface area contributed by atoms with E-state index in [1.807, 2.05) is 30.9 Å². The minimum Gasteiger partial charge on any atom is -0.497 e. The van der Waals surface area contributed by atoms with Gasteiger partial charge in [0.15, 0.2) is 0 Å². The molecule has 2 N–H and O–H groups in total. The number of ether oxygens (including phenoxy) is 1. The van der Waals surface area contributed by atoms with E-state index in [1.165, 1.54) is 5.56 Å². The predicted molar refractivity (Wildman–Crippen MR) is 84.2 cm³/mol. The third-order valence-corrected chi connectivity index (χ3v) is 4.06. The van der Waals surface area contributed by atoms with E-state index in [0.29, 0.717) is 12.5 Å². The smallest absolute Gasteiger partial charge is 0.225 e. The standard InChI is InChI=1S/C17H26N2O2/c1-12(2)17(20)19-10-14(9-15(18)11-19)8-13-4-6-16(21-3)7-5-13/h4-7,12,14-15H,8-11,18H2,1-3H3. The molecule has 1 aliphatic rings. The average Bonchev–Trinajstić information content (AvgIpc) is 2.46. The molecule has 0 spiro atoms. The van der Waals surface area contributed by atoms with Gasteiger partial charge in [-0.3, -0.25) is 4.79 Å². The lowest BCUT2D eigenvalue weighted by atomic mass is 9.88. The van der Waals surface area contributed by atoms with Crippen LogP contribution in [0.2, 0.25) is 0 Å². The van der Waals surface area contributed by atoms with Crippen molar-refractivity contribution in [2.24, 2.45) is 17.6 Å². The van der Waals surface area contributed by atoms with Crippen molar-refractivity contribution < 1.29 is 9.53 Å². The van der Waals surface area contributed by atoms with Crippen LogP contribution in [-0.2, 0) is 11.2 Å². The van der Waals surface area contributed by atoms with Crippen molar-refractivity contribution in [2.75, 3.05) is 20.2 Å². The number of hydrogen-bond donors (Lipinski definition) is 1. The number of nitrogens with two attached hydrogens (primary N) is 1. The summed E-state index contributed by atoms with van der Waals surface area (Å²) in [6, 6.07) is 8.23. The second kappa shape index (κ2) is 6.94. The molecule has 0 saturated carbocycles. The van der Waals surface area contributed by atoms with Crippen molar-refractivity contribution >= 4 is 5.91 Å². The van der Waals surface area contributed by atoms with E-state index in [9.17, 15) is 4.79 Å². The molecule has 116 valence electrons. The Balaban J connectivity index is 2.00. The predicted octanol–water partition coefficient (Wildman–Crippen LogP) is 2.07. The van der Waals surface area contributed by atoms with Gasteiger partial charge in [0.25, 0.3) is 0 Å². The molecule has 1 heterocycles. The van der Waals surface area contributed by atoms with Gasteiger partial charge in [-0.25, -0.2) is 0 Å². The minimum absolute atomic E-state index is 0.0388. The highest BCUT2D eigenvalue weighted by Gasteiger charge is 2.29. The molecule has 0 aliphatic carbocycles. The van der Waals surface area contributed by atoms with Crippen LogP contribution in [0.3, 0.4) is 0 Å². The first kappa shape index (κ1) is 15.8. The van der Waals surface area contributed by atoms with Gasteiger partial charge in [0.1, 0.15) is 5.75 Å². The van der Waals surface area contributed by atoms with Crippen LogP contribution in [0.4, 0.5) is 0 Å². The number of hydrogen-bond acceptors (Lipinski definition) is 3. The van der Waals surface area contributed by atoms with Crippen LogP contribution in [-0.4, -0.2) is 37.0 Å². The molecule has 4 heteroatoms. The van der Waals surface area contributed by atoms with Crippen LogP contribution >= 0.6 is 0 Å². The molecular formula is C17H26N2O2. The van der Waals surface area contributed by atoms with E-state index in [-0.39, 0.29) is 17.9 Å². The number of carbonyl (C=O) groups is 1. The molecule has 1 amide bonds. The maximum absolute atomic E-state index is 12.2. The Morgan fingerprint density at radius 3 is 2.57 bits per heavy atom. The SMILES string of the molecule is COc1ccc(CC2CC(N)CN(C(=O)C(C)C)C2)cc1. The van der Waals surface area contributed by atoms with E-state index in [0.717, 1.165) is 25.1 Å². The second-order valence-corrected chi connectivity index (χ2v) is 6.31. The highest BCUT2D eigenvalue weighted by atomic mass is 16.5. The fourth-order valence-electron chi connectivity index (χ4n) is 3.03. The number of likely N-dealkylation sites (tertiary alicyclic amines) is 1. The largest absolute Gasteiger partial charge is 0.497 e. The van der Waals surface area contributed by atoms with Gasteiger partial charge in [-0.2, -0.15) is 0 Å². The number of piperidine rings is 1. The molecule has 1 aliphatic heterocycles. The molecule has 1 aromatic carbocycles.